The summed E-state index contributed by atoms with van der Waals surface area (Å²) in [6, 6.07) is 4.73. The van der Waals surface area contributed by atoms with Crippen LogP contribution in [0.15, 0.2) is 24.4 Å². The van der Waals surface area contributed by atoms with Gasteiger partial charge in [-0.05, 0) is 26.8 Å². The Labute approximate surface area is 88.3 Å². The number of hydrogen-bond donors (Lipinski definition) is 1. The molecule has 0 aliphatic heterocycles. The number of carbonyl (C=O) groups is 1. The number of nitrogens with zero attached hydrogens (tertiary/aromatic N) is 1. The van der Waals surface area contributed by atoms with Gasteiger partial charge < -0.3 is 9.94 Å². The molecule has 0 aliphatic carbocycles. The minimum absolute atomic E-state index is 0.145. The molecule has 0 atom stereocenters. The Morgan fingerprint density at radius 2 is 2.13 bits per heavy atom. The van der Waals surface area contributed by atoms with Crippen molar-refractivity contribution >= 4 is 11.9 Å². The third-order valence-electron chi connectivity index (χ3n) is 1.45. The zero-order chi connectivity index (χ0) is 11.5. The molecule has 1 amide bonds. The van der Waals surface area contributed by atoms with E-state index in [0.717, 1.165) is 0 Å². The summed E-state index contributed by atoms with van der Waals surface area (Å²) in [6.07, 6.45) is 0.658. The third kappa shape index (κ3) is 3.84. The molecular weight excluding hydrogens is 196 g/mol. The highest BCUT2D eigenvalue weighted by Gasteiger charge is 2.20. The summed E-state index contributed by atoms with van der Waals surface area (Å²) in [4.78, 5) is 11.3. The predicted molar refractivity (Wildman–Crippen MR) is 55.3 cm³/mol. The summed E-state index contributed by atoms with van der Waals surface area (Å²) in [5.41, 5.74) is -0.577. The van der Waals surface area contributed by atoms with Crippen molar-refractivity contribution in [3.63, 3.8) is 0 Å². The summed E-state index contributed by atoms with van der Waals surface area (Å²) in [5, 5.41) is 13.5. The summed E-state index contributed by atoms with van der Waals surface area (Å²) in [6.45, 7) is 5.26. The molecule has 0 fully saturated rings. The number of rotatable bonds is 1. The molecule has 0 radical (unpaired) electrons. The van der Waals surface area contributed by atoms with E-state index >= 15 is 0 Å². The Hall–Kier alpha value is -1.78. The molecule has 0 aliphatic rings. The van der Waals surface area contributed by atoms with Crippen molar-refractivity contribution < 1.29 is 14.3 Å². The molecule has 1 rings (SSSR count). The summed E-state index contributed by atoms with van der Waals surface area (Å²) in [7, 11) is 0. The van der Waals surface area contributed by atoms with Gasteiger partial charge in [0.2, 0.25) is 0 Å². The molecule has 15 heavy (non-hydrogen) atoms. The van der Waals surface area contributed by atoms with Crippen molar-refractivity contribution in [2.75, 3.05) is 5.32 Å². The predicted octanol–water partition coefficient (Wildman–Crippen LogP) is 1.67. The largest absolute Gasteiger partial charge is 0.711 e. The molecule has 1 heterocycles. The van der Waals surface area contributed by atoms with Gasteiger partial charge in [-0.3, -0.25) is 0 Å². The van der Waals surface area contributed by atoms with Gasteiger partial charge >= 0.3 is 6.09 Å². The van der Waals surface area contributed by atoms with Crippen molar-refractivity contribution in [3.8, 4) is 0 Å². The van der Waals surface area contributed by atoms with Gasteiger partial charge in [0.05, 0.1) is 6.20 Å². The van der Waals surface area contributed by atoms with Gasteiger partial charge in [-0.25, -0.2) is 4.73 Å². The van der Waals surface area contributed by atoms with Crippen LogP contribution in [0.4, 0.5) is 10.6 Å². The van der Waals surface area contributed by atoms with E-state index in [0.29, 0.717) is 4.73 Å². The zero-order valence-electron chi connectivity index (χ0n) is 8.98. The smallest absolute Gasteiger partial charge is 0.505 e. The number of pyridine rings is 1. The van der Waals surface area contributed by atoms with Crippen molar-refractivity contribution in [3.05, 3.63) is 29.6 Å². The molecule has 5 nitrogen and oxygen atoms in total. The van der Waals surface area contributed by atoms with Crippen LogP contribution < -0.4 is 10.0 Å². The van der Waals surface area contributed by atoms with Crippen molar-refractivity contribution in [2.45, 2.75) is 26.4 Å². The van der Waals surface area contributed by atoms with E-state index in [1.54, 1.807) is 32.9 Å². The summed E-state index contributed by atoms with van der Waals surface area (Å²) in [5.74, 6) is 0.145. The Balaban J connectivity index is 2.64. The fraction of sp³-hybridized carbons (Fsp3) is 0.400. The van der Waals surface area contributed by atoms with Crippen molar-refractivity contribution in [1.29, 1.82) is 0 Å². The van der Waals surface area contributed by atoms with Crippen molar-refractivity contribution in [2.24, 2.45) is 0 Å². The standard InChI is InChI=1S/C10H14N2O3/c1-10(2,3)15-9(13)11-8-6-4-5-7-12(8)14/h4-7H,1-3H3,(H,11,13). The Morgan fingerprint density at radius 1 is 1.47 bits per heavy atom. The van der Waals surface area contributed by atoms with Crippen LogP contribution in [0.25, 0.3) is 0 Å². The molecule has 5 heteroatoms. The van der Waals surface area contributed by atoms with Crippen LogP contribution in [0, 0.1) is 5.21 Å². The fourth-order valence-corrected chi connectivity index (χ4v) is 0.933. The minimum atomic E-state index is -0.640. The van der Waals surface area contributed by atoms with Gasteiger partial charge in [0, 0.05) is 6.07 Å². The number of carbonyl (C=O) groups excluding carboxylic acids is 1. The van der Waals surface area contributed by atoms with Crippen LogP contribution in [0.1, 0.15) is 20.8 Å². The first-order valence-electron chi connectivity index (χ1n) is 4.57. The number of ether oxygens (including phenoxy) is 1. The molecule has 0 bridgehead atoms. The van der Waals surface area contributed by atoms with Crippen LogP contribution in [0.5, 0.6) is 0 Å². The molecule has 0 unspecified atom stereocenters. The molecule has 1 aromatic heterocycles. The highest BCUT2D eigenvalue weighted by molar-refractivity contribution is 5.82. The summed E-state index contributed by atoms with van der Waals surface area (Å²) < 4.78 is 5.55. The second-order valence-corrected chi connectivity index (χ2v) is 4.04. The number of hydrogen-bond acceptors (Lipinski definition) is 3. The van der Waals surface area contributed by atoms with Gasteiger partial charge in [0.1, 0.15) is 5.60 Å². The van der Waals surface area contributed by atoms with E-state index in [1.807, 2.05) is 0 Å². The highest BCUT2D eigenvalue weighted by Crippen LogP contribution is 2.08. The lowest BCUT2D eigenvalue weighted by molar-refractivity contribution is -0.590. The van der Waals surface area contributed by atoms with Gasteiger partial charge in [0.15, 0.2) is 0 Å². The second-order valence-electron chi connectivity index (χ2n) is 4.04. The van der Waals surface area contributed by atoms with E-state index in [2.05, 4.69) is 5.32 Å². The third-order valence-corrected chi connectivity index (χ3v) is 1.45. The van der Waals surface area contributed by atoms with E-state index in [9.17, 15) is 10.0 Å². The van der Waals surface area contributed by atoms with Crippen LogP contribution in [-0.2, 0) is 4.74 Å². The van der Waals surface area contributed by atoms with Crippen LogP contribution in [0.3, 0.4) is 0 Å². The van der Waals surface area contributed by atoms with Crippen LogP contribution >= 0.6 is 0 Å². The first-order chi connectivity index (χ1) is 6.88. The van der Waals surface area contributed by atoms with Gasteiger partial charge in [-0.2, -0.15) is 10.1 Å². The zero-order valence-corrected chi connectivity index (χ0v) is 8.98. The maximum absolute atomic E-state index is 11.3. The first kappa shape index (κ1) is 11.3. The molecule has 0 saturated heterocycles. The molecule has 0 aromatic carbocycles. The Kier molecular flexibility index (Phi) is 3.14. The van der Waals surface area contributed by atoms with Crippen molar-refractivity contribution in [1.82, 2.24) is 0 Å². The SMILES string of the molecule is CC(C)(C)OC(=O)Nc1cccc[n+]1[O-]. The number of anilines is 1. The topological polar surface area (TPSA) is 65.3 Å². The minimum Gasteiger partial charge on any atom is -0.711 e. The highest BCUT2D eigenvalue weighted by atomic mass is 16.6. The first-order valence-corrected chi connectivity index (χ1v) is 4.57. The summed E-state index contributed by atoms with van der Waals surface area (Å²) >= 11 is 0. The van der Waals surface area contributed by atoms with Gasteiger partial charge in [0.25, 0.3) is 5.82 Å². The Bertz CT molecular complexity index is 358. The van der Waals surface area contributed by atoms with Crippen LogP contribution in [0.2, 0.25) is 0 Å². The average molecular weight is 210 g/mol. The number of nitrogens with one attached hydrogen (secondary N) is 1. The molecule has 1 N–H and O–H groups in total. The number of aromatic nitrogens is 1. The lowest BCUT2D eigenvalue weighted by Crippen LogP contribution is -2.34. The normalized spacial score (nSPS) is 10.9. The molecule has 82 valence electrons. The monoisotopic (exact) mass is 210 g/mol. The molecule has 1 aromatic rings. The van der Waals surface area contributed by atoms with E-state index in [1.165, 1.54) is 12.3 Å². The van der Waals surface area contributed by atoms with E-state index in [-0.39, 0.29) is 5.82 Å². The maximum Gasteiger partial charge on any atom is 0.505 e. The lowest BCUT2D eigenvalue weighted by Gasteiger charge is -2.17. The average Bonchev–Trinajstić information content (AvgIpc) is 2.05. The van der Waals surface area contributed by atoms with Crippen LogP contribution in [-0.4, -0.2) is 11.7 Å². The maximum atomic E-state index is 11.3. The van der Waals surface area contributed by atoms with E-state index in [4.69, 9.17) is 4.74 Å². The molecule has 0 spiro atoms. The molecular formula is C10H14N2O3. The fourth-order valence-electron chi connectivity index (χ4n) is 0.933. The lowest BCUT2D eigenvalue weighted by atomic mass is 10.2. The Morgan fingerprint density at radius 3 is 2.67 bits per heavy atom. The van der Waals surface area contributed by atoms with Gasteiger partial charge in [-0.15, -0.1) is 0 Å². The number of amides is 1. The van der Waals surface area contributed by atoms with Gasteiger partial charge in [-0.1, -0.05) is 6.07 Å². The quantitative estimate of drug-likeness (QED) is 0.566. The second kappa shape index (κ2) is 4.16. The van der Waals surface area contributed by atoms with E-state index < -0.39 is 11.7 Å². The molecule has 0 saturated carbocycles.